The molecule has 0 radical (unpaired) electrons. The van der Waals surface area contributed by atoms with Crippen LogP contribution in [-0.2, 0) is 0 Å². The maximum Gasteiger partial charge on any atom is 0.0975 e. The molecule has 2 aliphatic heterocycles. The first-order valence-corrected chi connectivity index (χ1v) is 11.4. The Kier molecular flexibility index (Phi) is 3.90. The molecule has 1 fully saturated rings. The first-order chi connectivity index (χ1) is 16.2. The number of nitrogen functional groups attached to an aromatic ring is 1. The lowest BCUT2D eigenvalue weighted by molar-refractivity contribution is 1.08. The van der Waals surface area contributed by atoms with E-state index in [9.17, 15) is 0 Å². The summed E-state index contributed by atoms with van der Waals surface area (Å²) in [6.07, 6.45) is 0.359. The molecule has 1 saturated heterocycles. The second kappa shape index (κ2) is 6.96. The minimum Gasteiger partial charge on any atom is -0.398 e. The molecule has 2 atom stereocenters. The zero-order valence-electron chi connectivity index (χ0n) is 18.0. The van der Waals surface area contributed by atoms with Crippen molar-refractivity contribution in [3.63, 3.8) is 0 Å². The van der Waals surface area contributed by atoms with E-state index in [-0.39, 0.29) is 0 Å². The largest absolute Gasteiger partial charge is 0.398 e. The molecule has 0 amide bonds. The summed E-state index contributed by atoms with van der Waals surface area (Å²) in [6.45, 7) is 0. The summed E-state index contributed by atoms with van der Waals surface area (Å²) in [6, 6.07) is 37.1. The van der Waals surface area contributed by atoms with E-state index in [1.54, 1.807) is 0 Å². The van der Waals surface area contributed by atoms with E-state index in [0.29, 0.717) is 12.2 Å². The Bertz CT molecular complexity index is 1540. The number of nitrogens with one attached hydrogen (secondary N) is 2. The van der Waals surface area contributed by atoms with Crippen LogP contribution in [0.25, 0.3) is 44.2 Å². The van der Waals surface area contributed by atoms with E-state index in [4.69, 9.17) is 5.73 Å². The predicted octanol–water partition coefficient (Wildman–Crippen LogP) is 6.82. The van der Waals surface area contributed by atoms with Gasteiger partial charge in [-0.15, -0.1) is 0 Å². The van der Waals surface area contributed by atoms with Crippen LogP contribution in [0.3, 0.4) is 0 Å². The molecule has 0 aliphatic carbocycles. The first-order valence-electron chi connectivity index (χ1n) is 11.4. The van der Waals surface area contributed by atoms with Gasteiger partial charge in [0.25, 0.3) is 0 Å². The second-order valence-electron chi connectivity index (χ2n) is 8.98. The van der Waals surface area contributed by atoms with Crippen LogP contribution < -0.4 is 16.4 Å². The molecule has 7 rings (SSSR count). The van der Waals surface area contributed by atoms with Gasteiger partial charge in [-0.1, -0.05) is 72.8 Å². The number of benzene rings is 5. The van der Waals surface area contributed by atoms with Gasteiger partial charge in [0.15, 0.2) is 0 Å². The number of fused-ring (bicyclic) bond motifs is 4. The highest BCUT2D eigenvalue weighted by Crippen LogP contribution is 2.49. The van der Waals surface area contributed by atoms with Gasteiger partial charge in [-0.05, 0) is 68.9 Å². The third-order valence-corrected chi connectivity index (χ3v) is 6.92. The van der Waals surface area contributed by atoms with Crippen LogP contribution in [0.5, 0.6) is 0 Å². The molecule has 1 unspecified atom stereocenters. The van der Waals surface area contributed by atoms with E-state index in [0.717, 1.165) is 16.8 Å². The number of anilines is 2. The first kappa shape index (κ1) is 18.5. The molecule has 5 aromatic rings. The average molecular weight is 426 g/mol. The van der Waals surface area contributed by atoms with Crippen molar-refractivity contribution in [2.45, 2.75) is 12.2 Å². The SMILES string of the molecule is Nc1ccc(-c2cc(-c3ccccc3)c3c(c2)C2N[C@H]2N3)cc1-c1ccc2ccccc2c1. The molecule has 2 aliphatic rings. The number of hydrogen-bond acceptors (Lipinski definition) is 3. The molecule has 158 valence electrons. The normalized spacial score (nSPS) is 17.9. The second-order valence-corrected chi connectivity index (χ2v) is 8.98. The topological polar surface area (TPSA) is 60.0 Å². The van der Waals surface area contributed by atoms with Crippen molar-refractivity contribution in [3.05, 3.63) is 109 Å². The van der Waals surface area contributed by atoms with Crippen LogP contribution in [-0.4, -0.2) is 6.17 Å². The molecule has 0 saturated carbocycles. The van der Waals surface area contributed by atoms with Gasteiger partial charge in [0.05, 0.1) is 12.2 Å². The number of hydrogen-bond donors (Lipinski definition) is 3. The summed E-state index contributed by atoms with van der Waals surface area (Å²) < 4.78 is 0. The highest BCUT2D eigenvalue weighted by molar-refractivity contribution is 5.92. The van der Waals surface area contributed by atoms with Gasteiger partial charge in [-0.2, -0.15) is 0 Å². The maximum atomic E-state index is 6.46. The maximum absolute atomic E-state index is 6.46. The van der Waals surface area contributed by atoms with E-state index in [1.807, 2.05) is 6.07 Å². The van der Waals surface area contributed by atoms with Gasteiger partial charge in [0.1, 0.15) is 0 Å². The van der Waals surface area contributed by atoms with Gasteiger partial charge in [0, 0.05) is 22.5 Å². The Morgan fingerprint density at radius 1 is 0.576 bits per heavy atom. The Balaban J connectivity index is 1.38. The van der Waals surface area contributed by atoms with Crippen LogP contribution in [0.1, 0.15) is 11.6 Å². The number of rotatable bonds is 3. The predicted molar refractivity (Wildman–Crippen MR) is 138 cm³/mol. The van der Waals surface area contributed by atoms with Crippen LogP contribution in [0.4, 0.5) is 11.4 Å². The molecule has 33 heavy (non-hydrogen) atoms. The summed E-state index contributed by atoms with van der Waals surface area (Å²) in [4.78, 5) is 0. The molecule has 4 N–H and O–H groups in total. The number of nitrogens with two attached hydrogens (primary N) is 1. The minimum absolute atomic E-state index is 0.359. The zero-order valence-corrected chi connectivity index (χ0v) is 18.0. The van der Waals surface area contributed by atoms with Crippen molar-refractivity contribution >= 4 is 22.1 Å². The lowest BCUT2D eigenvalue weighted by atomic mass is 9.91. The lowest BCUT2D eigenvalue weighted by Gasteiger charge is -2.16. The van der Waals surface area contributed by atoms with Crippen LogP contribution >= 0.6 is 0 Å². The fourth-order valence-electron chi connectivity index (χ4n) is 5.11. The van der Waals surface area contributed by atoms with Crippen molar-refractivity contribution in [3.8, 4) is 33.4 Å². The van der Waals surface area contributed by atoms with Gasteiger partial charge >= 0.3 is 0 Å². The Labute approximate surface area is 192 Å². The lowest BCUT2D eigenvalue weighted by Crippen LogP contribution is -2.06. The third-order valence-electron chi connectivity index (χ3n) is 6.92. The molecule has 0 bridgehead atoms. The molecule has 0 aromatic heterocycles. The molecule has 0 spiro atoms. The molecule has 3 nitrogen and oxygen atoms in total. The summed E-state index contributed by atoms with van der Waals surface area (Å²) in [5, 5.41) is 9.62. The van der Waals surface area contributed by atoms with Gasteiger partial charge in [-0.3, -0.25) is 5.32 Å². The fraction of sp³-hybridized carbons (Fsp3) is 0.0667. The van der Waals surface area contributed by atoms with Crippen molar-refractivity contribution < 1.29 is 0 Å². The highest BCUT2D eigenvalue weighted by Gasteiger charge is 2.45. The molecule has 2 heterocycles. The van der Waals surface area contributed by atoms with Crippen molar-refractivity contribution in [2.75, 3.05) is 11.1 Å². The quantitative estimate of drug-likeness (QED) is 0.220. The Morgan fingerprint density at radius 2 is 1.33 bits per heavy atom. The van der Waals surface area contributed by atoms with Gasteiger partial charge < -0.3 is 11.1 Å². The summed E-state index contributed by atoms with van der Waals surface area (Å²) in [5.74, 6) is 0. The van der Waals surface area contributed by atoms with Crippen LogP contribution in [0.2, 0.25) is 0 Å². The molecule has 3 heteroatoms. The van der Waals surface area contributed by atoms with E-state index in [1.165, 1.54) is 44.3 Å². The van der Waals surface area contributed by atoms with E-state index < -0.39 is 0 Å². The van der Waals surface area contributed by atoms with Gasteiger partial charge in [0.2, 0.25) is 0 Å². The Hall–Kier alpha value is -4.08. The standard InChI is InChI=1S/C30H23N3/c31-27-13-12-21(15-24(27)22-11-10-18-6-4-5-9-20(18)14-22)23-16-25(19-7-2-1-3-8-19)28-26(17-23)29-30(32-28)33-29/h1-17,29-30,32-33H,31H2/t29?,30-/m1/s1. The van der Waals surface area contributed by atoms with E-state index >= 15 is 0 Å². The minimum atomic E-state index is 0.359. The summed E-state index contributed by atoms with van der Waals surface area (Å²) in [5.41, 5.74) is 16.9. The van der Waals surface area contributed by atoms with Crippen molar-refractivity contribution in [1.82, 2.24) is 5.32 Å². The zero-order chi connectivity index (χ0) is 21.9. The Morgan fingerprint density at radius 3 is 2.21 bits per heavy atom. The smallest absolute Gasteiger partial charge is 0.0975 e. The third kappa shape index (κ3) is 3.01. The summed E-state index contributed by atoms with van der Waals surface area (Å²) >= 11 is 0. The molecule has 5 aromatic carbocycles. The van der Waals surface area contributed by atoms with Crippen LogP contribution in [0, 0.1) is 0 Å². The molecular weight excluding hydrogens is 402 g/mol. The van der Waals surface area contributed by atoms with E-state index in [2.05, 4.69) is 108 Å². The van der Waals surface area contributed by atoms with Crippen molar-refractivity contribution in [2.24, 2.45) is 0 Å². The van der Waals surface area contributed by atoms with Gasteiger partial charge in [-0.25, -0.2) is 0 Å². The highest BCUT2D eigenvalue weighted by atomic mass is 15.3. The van der Waals surface area contributed by atoms with Crippen LogP contribution in [0.15, 0.2) is 103 Å². The fourth-order valence-corrected chi connectivity index (χ4v) is 5.11. The monoisotopic (exact) mass is 425 g/mol. The molecular formula is C30H23N3. The summed E-state index contributed by atoms with van der Waals surface area (Å²) in [7, 11) is 0. The average Bonchev–Trinajstić information content (AvgIpc) is 3.55. The van der Waals surface area contributed by atoms with Crippen molar-refractivity contribution in [1.29, 1.82) is 0 Å².